The Labute approximate surface area is 170 Å². The topological polar surface area (TPSA) is 54.9 Å². The van der Waals surface area contributed by atoms with Crippen molar-refractivity contribution in [3.05, 3.63) is 94.5 Å². The molecule has 0 radical (unpaired) electrons. The number of amides is 1. The second-order valence-corrected chi connectivity index (χ2v) is 7.09. The average molecular weight is 396 g/mol. The maximum atomic E-state index is 13.2. The van der Waals surface area contributed by atoms with Crippen LogP contribution >= 0.6 is 11.6 Å². The lowest BCUT2D eigenvalue weighted by Gasteiger charge is -2.17. The van der Waals surface area contributed by atoms with Gasteiger partial charge in [0.25, 0.3) is 5.91 Å². The SMILES string of the molecule is COc1ccc(C)cc1NC(=O)[C@@H]([NH2+]Cc1cccc(Cl)c1)c1ccccc1. The molecule has 0 saturated heterocycles. The normalized spacial score (nSPS) is 11.7. The summed E-state index contributed by atoms with van der Waals surface area (Å²) in [6, 6.07) is 22.8. The van der Waals surface area contributed by atoms with Crippen LogP contribution in [0.25, 0.3) is 0 Å². The molecule has 0 unspecified atom stereocenters. The monoisotopic (exact) mass is 395 g/mol. The van der Waals surface area contributed by atoms with Gasteiger partial charge in [-0.15, -0.1) is 0 Å². The van der Waals surface area contributed by atoms with Crippen LogP contribution in [0.2, 0.25) is 5.02 Å². The number of quaternary nitrogens is 1. The standard InChI is InChI=1S/C23H23ClN2O2/c1-16-11-12-21(28-2)20(13-16)26-23(27)22(18-8-4-3-5-9-18)25-15-17-7-6-10-19(24)14-17/h3-14,22,25H,15H2,1-2H3,(H,26,27)/p+1/t22-/m0/s1. The van der Waals surface area contributed by atoms with Gasteiger partial charge in [-0.2, -0.15) is 0 Å². The first-order chi connectivity index (χ1) is 13.6. The zero-order chi connectivity index (χ0) is 19.9. The number of hydrogen-bond acceptors (Lipinski definition) is 2. The Bertz CT molecular complexity index is 944. The highest BCUT2D eigenvalue weighted by molar-refractivity contribution is 6.30. The molecule has 0 fully saturated rings. The Kier molecular flexibility index (Phi) is 6.69. The van der Waals surface area contributed by atoms with Gasteiger partial charge in [0.05, 0.1) is 12.8 Å². The lowest BCUT2D eigenvalue weighted by atomic mass is 10.1. The van der Waals surface area contributed by atoms with Crippen LogP contribution < -0.4 is 15.4 Å². The molecular weight excluding hydrogens is 372 g/mol. The molecule has 5 heteroatoms. The van der Waals surface area contributed by atoms with Gasteiger partial charge in [-0.3, -0.25) is 4.79 Å². The fourth-order valence-electron chi connectivity index (χ4n) is 3.10. The molecule has 0 aliphatic heterocycles. The Balaban J connectivity index is 1.82. The molecule has 0 bridgehead atoms. The van der Waals surface area contributed by atoms with Gasteiger partial charge in [-0.05, 0) is 36.8 Å². The molecule has 0 heterocycles. The first kappa shape index (κ1) is 19.9. The van der Waals surface area contributed by atoms with Crippen molar-refractivity contribution in [1.82, 2.24) is 0 Å². The third kappa shape index (κ3) is 5.12. The predicted octanol–water partition coefficient (Wildman–Crippen LogP) is 4.10. The number of carbonyl (C=O) groups excluding carboxylic acids is 1. The fraction of sp³-hybridized carbons (Fsp3) is 0.174. The van der Waals surface area contributed by atoms with E-state index in [-0.39, 0.29) is 5.91 Å². The lowest BCUT2D eigenvalue weighted by molar-refractivity contribution is -0.697. The van der Waals surface area contributed by atoms with Crippen LogP contribution in [0, 0.1) is 6.92 Å². The van der Waals surface area contributed by atoms with Gasteiger partial charge in [-0.1, -0.05) is 60.1 Å². The smallest absolute Gasteiger partial charge is 0.287 e. The second kappa shape index (κ2) is 9.40. The van der Waals surface area contributed by atoms with E-state index in [2.05, 4.69) is 5.32 Å². The first-order valence-electron chi connectivity index (χ1n) is 9.15. The van der Waals surface area contributed by atoms with E-state index in [1.165, 1.54) is 0 Å². The highest BCUT2D eigenvalue weighted by atomic mass is 35.5. The minimum atomic E-state index is -0.398. The number of benzene rings is 3. The number of halogens is 1. The molecule has 3 rings (SSSR count). The van der Waals surface area contributed by atoms with Crippen molar-refractivity contribution in [3.63, 3.8) is 0 Å². The van der Waals surface area contributed by atoms with Gasteiger partial charge >= 0.3 is 0 Å². The Morgan fingerprint density at radius 3 is 2.57 bits per heavy atom. The van der Waals surface area contributed by atoms with Crippen LogP contribution in [0.3, 0.4) is 0 Å². The third-order valence-electron chi connectivity index (χ3n) is 4.53. The van der Waals surface area contributed by atoms with E-state index in [4.69, 9.17) is 16.3 Å². The van der Waals surface area contributed by atoms with E-state index in [0.717, 1.165) is 16.7 Å². The summed E-state index contributed by atoms with van der Waals surface area (Å²) in [4.78, 5) is 13.2. The van der Waals surface area contributed by atoms with Crippen molar-refractivity contribution in [1.29, 1.82) is 0 Å². The first-order valence-corrected chi connectivity index (χ1v) is 9.53. The number of rotatable bonds is 7. The Hall–Kier alpha value is -2.82. The Morgan fingerprint density at radius 1 is 1.07 bits per heavy atom. The van der Waals surface area contributed by atoms with Crippen molar-refractivity contribution in [2.75, 3.05) is 12.4 Å². The van der Waals surface area contributed by atoms with Gasteiger partial charge in [0.15, 0.2) is 6.04 Å². The summed E-state index contributed by atoms with van der Waals surface area (Å²) in [6.45, 7) is 2.62. The summed E-state index contributed by atoms with van der Waals surface area (Å²) in [6.07, 6.45) is 0. The number of methoxy groups -OCH3 is 1. The third-order valence-corrected chi connectivity index (χ3v) is 4.77. The van der Waals surface area contributed by atoms with E-state index in [1.54, 1.807) is 7.11 Å². The zero-order valence-electron chi connectivity index (χ0n) is 16.0. The van der Waals surface area contributed by atoms with E-state index >= 15 is 0 Å². The molecule has 3 aromatic rings. The van der Waals surface area contributed by atoms with Crippen LogP contribution in [0.15, 0.2) is 72.8 Å². The maximum absolute atomic E-state index is 13.2. The molecule has 0 aromatic heterocycles. The van der Waals surface area contributed by atoms with E-state index in [0.29, 0.717) is 23.0 Å². The minimum absolute atomic E-state index is 0.0999. The quantitative estimate of drug-likeness (QED) is 0.632. The molecule has 0 saturated carbocycles. The van der Waals surface area contributed by atoms with Gasteiger partial charge in [0, 0.05) is 16.1 Å². The van der Waals surface area contributed by atoms with Crippen LogP contribution in [-0.2, 0) is 11.3 Å². The van der Waals surface area contributed by atoms with E-state index < -0.39 is 6.04 Å². The second-order valence-electron chi connectivity index (χ2n) is 6.65. The molecular formula is C23H24ClN2O2+. The number of ether oxygens (including phenoxy) is 1. The summed E-state index contributed by atoms with van der Waals surface area (Å²) < 4.78 is 5.39. The number of carbonyl (C=O) groups is 1. The molecule has 0 aliphatic rings. The number of aryl methyl sites for hydroxylation is 1. The molecule has 4 nitrogen and oxygen atoms in total. The summed E-state index contributed by atoms with van der Waals surface area (Å²) in [5.41, 5.74) is 3.72. The summed E-state index contributed by atoms with van der Waals surface area (Å²) >= 11 is 6.09. The molecule has 3 aromatic carbocycles. The Morgan fingerprint density at radius 2 is 1.86 bits per heavy atom. The predicted molar refractivity (Wildman–Crippen MR) is 113 cm³/mol. The largest absolute Gasteiger partial charge is 0.495 e. The lowest BCUT2D eigenvalue weighted by Crippen LogP contribution is -2.85. The molecule has 1 amide bonds. The van der Waals surface area contributed by atoms with Crippen molar-refractivity contribution in [2.45, 2.75) is 19.5 Å². The molecule has 28 heavy (non-hydrogen) atoms. The minimum Gasteiger partial charge on any atom is -0.495 e. The molecule has 144 valence electrons. The van der Waals surface area contributed by atoms with Crippen molar-refractivity contribution < 1.29 is 14.8 Å². The highest BCUT2D eigenvalue weighted by Gasteiger charge is 2.25. The van der Waals surface area contributed by atoms with Crippen LogP contribution in [0.4, 0.5) is 5.69 Å². The van der Waals surface area contributed by atoms with Crippen molar-refractivity contribution >= 4 is 23.2 Å². The van der Waals surface area contributed by atoms with Crippen molar-refractivity contribution in [3.8, 4) is 5.75 Å². The van der Waals surface area contributed by atoms with E-state index in [1.807, 2.05) is 85.0 Å². The summed E-state index contributed by atoms with van der Waals surface area (Å²) in [5.74, 6) is 0.540. The van der Waals surface area contributed by atoms with Crippen LogP contribution in [0.5, 0.6) is 5.75 Å². The van der Waals surface area contributed by atoms with Gasteiger partial charge < -0.3 is 15.4 Å². The van der Waals surface area contributed by atoms with Gasteiger partial charge in [0.1, 0.15) is 12.3 Å². The number of nitrogens with one attached hydrogen (secondary N) is 1. The highest BCUT2D eigenvalue weighted by Crippen LogP contribution is 2.26. The number of hydrogen-bond donors (Lipinski definition) is 2. The van der Waals surface area contributed by atoms with Crippen LogP contribution in [0.1, 0.15) is 22.7 Å². The van der Waals surface area contributed by atoms with Gasteiger partial charge in [-0.25, -0.2) is 0 Å². The van der Waals surface area contributed by atoms with E-state index in [9.17, 15) is 4.79 Å². The zero-order valence-corrected chi connectivity index (χ0v) is 16.7. The number of nitrogens with two attached hydrogens (primary N) is 1. The number of anilines is 1. The van der Waals surface area contributed by atoms with Crippen molar-refractivity contribution in [2.24, 2.45) is 0 Å². The van der Waals surface area contributed by atoms with Crippen LogP contribution in [-0.4, -0.2) is 13.0 Å². The maximum Gasteiger partial charge on any atom is 0.287 e. The molecule has 1 atom stereocenters. The molecule has 0 aliphatic carbocycles. The molecule has 0 spiro atoms. The fourth-order valence-corrected chi connectivity index (χ4v) is 3.32. The molecule has 3 N–H and O–H groups in total. The summed E-state index contributed by atoms with van der Waals surface area (Å²) in [7, 11) is 1.60. The van der Waals surface area contributed by atoms with Gasteiger partial charge in [0.2, 0.25) is 0 Å². The summed E-state index contributed by atoms with van der Waals surface area (Å²) in [5, 5.41) is 5.73. The average Bonchev–Trinajstić information content (AvgIpc) is 2.69.